The van der Waals surface area contributed by atoms with Gasteiger partial charge in [0.2, 0.25) is 11.7 Å². The maximum Gasteiger partial charge on any atom is 0.251 e. The molecule has 0 aliphatic rings. The molecule has 33 heavy (non-hydrogen) atoms. The lowest BCUT2D eigenvalue weighted by atomic mass is 10.2. The van der Waals surface area contributed by atoms with Crippen LogP contribution in [0.5, 0.6) is 17.2 Å². The molecule has 9 heteroatoms. The molecule has 2 aromatic carbocycles. The van der Waals surface area contributed by atoms with Gasteiger partial charge in [0.1, 0.15) is 5.65 Å². The lowest BCUT2D eigenvalue weighted by molar-refractivity contribution is 0.0956. The summed E-state index contributed by atoms with van der Waals surface area (Å²) in [5.41, 5.74) is 2.79. The third kappa shape index (κ3) is 4.38. The Kier molecular flexibility index (Phi) is 6.30. The van der Waals surface area contributed by atoms with Crippen LogP contribution in [0.1, 0.15) is 17.3 Å². The summed E-state index contributed by atoms with van der Waals surface area (Å²) in [4.78, 5) is 21.4. The second kappa shape index (κ2) is 9.47. The van der Waals surface area contributed by atoms with Gasteiger partial charge in [-0.2, -0.15) is 4.98 Å². The standard InChI is InChI=1S/C24H25N5O4/c1-5-25-23(30)15-7-6-8-18(11-15)29-10-9-16-14-26-24(28-22(16)29)27-17-12-19(31-2)21(33-4)20(13-17)32-3/h6-14H,5H2,1-4H3,(H,25,30)(H,26,27,28). The molecule has 0 aliphatic carbocycles. The second-order valence-corrected chi connectivity index (χ2v) is 7.11. The Labute approximate surface area is 191 Å². The topological polar surface area (TPSA) is 99.5 Å². The molecule has 9 nitrogen and oxygen atoms in total. The summed E-state index contributed by atoms with van der Waals surface area (Å²) in [5.74, 6) is 1.83. The van der Waals surface area contributed by atoms with Gasteiger partial charge in [-0.05, 0) is 31.2 Å². The Morgan fingerprint density at radius 1 is 1.03 bits per heavy atom. The summed E-state index contributed by atoms with van der Waals surface area (Å²) in [6.07, 6.45) is 3.65. The van der Waals surface area contributed by atoms with Gasteiger partial charge in [0.05, 0.1) is 21.3 Å². The number of nitrogens with one attached hydrogen (secondary N) is 2. The van der Waals surface area contributed by atoms with E-state index < -0.39 is 0 Å². The monoisotopic (exact) mass is 447 g/mol. The van der Waals surface area contributed by atoms with Crippen molar-refractivity contribution in [1.29, 1.82) is 0 Å². The molecule has 4 rings (SSSR count). The Balaban J connectivity index is 1.70. The molecule has 0 atom stereocenters. The van der Waals surface area contributed by atoms with Crippen LogP contribution in [-0.4, -0.2) is 48.3 Å². The summed E-state index contributed by atoms with van der Waals surface area (Å²) in [6, 6.07) is 12.9. The zero-order valence-electron chi connectivity index (χ0n) is 18.9. The molecular weight excluding hydrogens is 422 g/mol. The molecule has 2 heterocycles. The number of fused-ring (bicyclic) bond motifs is 1. The van der Waals surface area contributed by atoms with Crippen molar-refractivity contribution < 1.29 is 19.0 Å². The Bertz CT molecular complexity index is 1280. The highest BCUT2D eigenvalue weighted by molar-refractivity contribution is 5.94. The van der Waals surface area contributed by atoms with Gasteiger partial charge >= 0.3 is 0 Å². The molecule has 170 valence electrons. The van der Waals surface area contributed by atoms with E-state index >= 15 is 0 Å². The van der Waals surface area contributed by atoms with Crippen LogP contribution in [0.25, 0.3) is 16.7 Å². The number of aromatic nitrogens is 3. The molecule has 0 fully saturated rings. The lowest BCUT2D eigenvalue weighted by Gasteiger charge is -2.14. The van der Waals surface area contributed by atoms with Gasteiger partial charge in [-0.3, -0.25) is 4.79 Å². The van der Waals surface area contributed by atoms with E-state index in [1.807, 2.05) is 42.0 Å². The summed E-state index contributed by atoms with van der Waals surface area (Å²) in [5, 5.41) is 6.89. The van der Waals surface area contributed by atoms with Gasteiger partial charge < -0.3 is 29.4 Å². The van der Waals surface area contributed by atoms with E-state index in [0.717, 1.165) is 11.1 Å². The number of benzene rings is 2. The van der Waals surface area contributed by atoms with Crippen molar-refractivity contribution in [2.75, 3.05) is 33.2 Å². The zero-order chi connectivity index (χ0) is 23.4. The number of anilines is 2. The van der Waals surface area contributed by atoms with E-state index in [1.54, 1.807) is 45.7 Å². The summed E-state index contributed by atoms with van der Waals surface area (Å²) < 4.78 is 18.1. The van der Waals surface area contributed by atoms with Crippen molar-refractivity contribution >= 4 is 28.6 Å². The van der Waals surface area contributed by atoms with E-state index in [9.17, 15) is 4.79 Å². The van der Waals surface area contributed by atoms with Crippen molar-refractivity contribution in [3.8, 4) is 22.9 Å². The average Bonchev–Trinajstić information content (AvgIpc) is 3.27. The normalized spacial score (nSPS) is 10.7. The smallest absolute Gasteiger partial charge is 0.251 e. The number of hydrogen-bond acceptors (Lipinski definition) is 7. The van der Waals surface area contributed by atoms with Crippen LogP contribution in [-0.2, 0) is 0 Å². The highest BCUT2D eigenvalue weighted by Gasteiger charge is 2.15. The number of rotatable bonds is 8. The first-order chi connectivity index (χ1) is 16.1. The zero-order valence-corrected chi connectivity index (χ0v) is 18.9. The molecule has 1 amide bonds. The van der Waals surface area contributed by atoms with E-state index in [1.165, 1.54) is 0 Å². The fourth-order valence-electron chi connectivity index (χ4n) is 3.53. The maximum absolute atomic E-state index is 12.3. The summed E-state index contributed by atoms with van der Waals surface area (Å²) in [6.45, 7) is 2.46. The number of hydrogen-bond donors (Lipinski definition) is 2. The molecule has 0 saturated heterocycles. The predicted molar refractivity (Wildman–Crippen MR) is 126 cm³/mol. The van der Waals surface area contributed by atoms with Gasteiger partial charge in [0.15, 0.2) is 11.5 Å². The van der Waals surface area contributed by atoms with Crippen molar-refractivity contribution in [2.45, 2.75) is 6.92 Å². The van der Waals surface area contributed by atoms with Crippen LogP contribution >= 0.6 is 0 Å². The number of carbonyl (C=O) groups excluding carboxylic acids is 1. The fourth-order valence-corrected chi connectivity index (χ4v) is 3.53. The van der Waals surface area contributed by atoms with Crippen molar-refractivity contribution in [1.82, 2.24) is 19.9 Å². The van der Waals surface area contributed by atoms with Crippen LogP contribution in [0, 0.1) is 0 Å². The predicted octanol–water partition coefficient (Wildman–Crippen LogP) is 3.94. The molecule has 2 aromatic heterocycles. The summed E-state index contributed by atoms with van der Waals surface area (Å²) >= 11 is 0. The first-order valence-corrected chi connectivity index (χ1v) is 10.4. The van der Waals surface area contributed by atoms with E-state index in [-0.39, 0.29) is 5.91 Å². The quantitative estimate of drug-likeness (QED) is 0.422. The minimum absolute atomic E-state index is 0.116. The highest BCUT2D eigenvalue weighted by atomic mass is 16.5. The van der Waals surface area contributed by atoms with Gasteiger partial charge in [0, 0.05) is 53.4 Å². The Hall–Kier alpha value is -4.27. The van der Waals surface area contributed by atoms with Gasteiger partial charge in [-0.15, -0.1) is 0 Å². The first kappa shape index (κ1) is 21.9. The molecule has 0 spiro atoms. The maximum atomic E-state index is 12.3. The molecule has 0 radical (unpaired) electrons. The average molecular weight is 447 g/mol. The Morgan fingerprint density at radius 2 is 1.79 bits per heavy atom. The van der Waals surface area contributed by atoms with Crippen molar-refractivity contribution in [3.05, 3.63) is 60.4 Å². The fraction of sp³-hybridized carbons (Fsp3) is 0.208. The number of carbonyl (C=O) groups is 1. The number of amides is 1. The van der Waals surface area contributed by atoms with E-state index in [2.05, 4.69) is 15.6 Å². The van der Waals surface area contributed by atoms with Crippen LogP contribution in [0.3, 0.4) is 0 Å². The van der Waals surface area contributed by atoms with Crippen LogP contribution in [0.4, 0.5) is 11.6 Å². The molecule has 0 bridgehead atoms. The van der Waals surface area contributed by atoms with Crippen molar-refractivity contribution in [3.63, 3.8) is 0 Å². The Morgan fingerprint density at radius 3 is 2.45 bits per heavy atom. The van der Waals surface area contributed by atoms with Gasteiger partial charge in [-0.1, -0.05) is 6.07 Å². The van der Waals surface area contributed by atoms with Crippen LogP contribution in [0.15, 0.2) is 54.9 Å². The van der Waals surface area contributed by atoms with Crippen LogP contribution < -0.4 is 24.8 Å². The van der Waals surface area contributed by atoms with E-state index in [0.29, 0.717) is 46.6 Å². The number of nitrogens with zero attached hydrogens (tertiary/aromatic N) is 3. The minimum Gasteiger partial charge on any atom is -0.493 e. The molecule has 4 aromatic rings. The van der Waals surface area contributed by atoms with Crippen LogP contribution in [0.2, 0.25) is 0 Å². The summed E-state index contributed by atoms with van der Waals surface area (Å²) in [7, 11) is 4.68. The largest absolute Gasteiger partial charge is 0.493 e. The third-order valence-electron chi connectivity index (χ3n) is 5.07. The molecule has 0 unspecified atom stereocenters. The molecule has 0 saturated carbocycles. The van der Waals surface area contributed by atoms with Gasteiger partial charge in [-0.25, -0.2) is 4.98 Å². The van der Waals surface area contributed by atoms with E-state index in [4.69, 9.17) is 19.2 Å². The number of ether oxygens (including phenoxy) is 3. The first-order valence-electron chi connectivity index (χ1n) is 10.4. The number of methoxy groups -OCH3 is 3. The molecule has 2 N–H and O–H groups in total. The lowest BCUT2D eigenvalue weighted by Crippen LogP contribution is -2.22. The molecule has 0 aliphatic heterocycles. The van der Waals surface area contributed by atoms with Crippen molar-refractivity contribution in [2.24, 2.45) is 0 Å². The minimum atomic E-state index is -0.116. The second-order valence-electron chi connectivity index (χ2n) is 7.11. The van der Waals surface area contributed by atoms with Gasteiger partial charge in [0.25, 0.3) is 5.91 Å². The highest BCUT2D eigenvalue weighted by Crippen LogP contribution is 2.40. The molecular formula is C24H25N5O4. The third-order valence-corrected chi connectivity index (χ3v) is 5.07. The SMILES string of the molecule is CCNC(=O)c1cccc(-n2ccc3cnc(Nc4cc(OC)c(OC)c(OC)c4)nc32)c1.